The van der Waals surface area contributed by atoms with Gasteiger partial charge in [0.1, 0.15) is 0 Å². The van der Waals surface area contributed by atoms with Gasteiger partial charge >= 0.3 is 6.36 Å². The van der Waals surface area contributed by atoms with Crippen LogP contribution in [0.15, 0.2) is 24.3 Å². The lowest BCUT2D eigenvalue weighted by molar-refractivity contribution is -0.274. The van der Waals surface area contributed by atoms with E-state index in [1.807, 2.05) is 6.92 Å². The maximum atomic E-state index is 12.1. The highest BCUT2D eigenvalue weighted by Crippen LogP contribution is 2.29. The Balaban J connectivity index is 2.49. The van der Waals surface area contributed by atoms with Gasteiger partial charge in [-0.15, -0.1) is 13.2 Å². The van der Waals surface area contributed by atoms with Crippen LogP contribution in [-0.2, 0) is 4.74 Å². The van der Waals surface area contributed by atoms with Gasteiger partial charge in [-0.3, -0.25) is 0 Å². The number of benzene rings is 1. The predicted molar refractivity (Wildman–Crippen MR) is 62.7 cm³/mol. The Hall–Kier alpha value is -1.43. The molecule has 0 aliphatic heterocycles. The Morgan fingerprint density at radius 3 is 2.56 bits per heavy atom. The Bertz CT molecular complexity index is 355. The van der Waals surface area contributed by atoms with Gasteiger partial charge in [-0.05, 0) is 18.6 Å². The molecule has 1 aromatic carbocycles. The fraction of sp³-hybridized carbons (Fsp3) is 0.500. The molecular formula is C12H16F3NO2. The average molecular weight is 263 g/mol. The molecule has 6 heteroatoms. The summed E-state index contributed by atoms with van der Waals surface area (Å²) in [5, 5.41) is 2.84. The highest BCUT2D eigenvalue weighted by molar-refractivity contribution is 5.56. The van der Waals surface area contributed by atoms with Crippen LogP contribution >= 0.6 is 0 Å². The van der Waals surface area contributed by atoms with E-state index in [0.717, 1.165) is 6.42 Å². The zero-order valence-electron chi connectivity index (χ0n) is 10.1. The first kappa shape index (κ1) is 14.6. The molecule has 0 saturated carbocycles. The second-order valence-corrected chi connectivity index (χ2v) is 3.58. The molecule has 1 rings (SSSR count). The first-order valence-electron chi connectivity index (χ1n) is 5.69. The van der Waals surface area contributed by atoms with E-state index in [1.54, 1.807) is 6.07 Å². The van der Waals surface area contributed by atoms with E-state index in [9.17, 15) is 13.2 Å². The smallest absolute Gasteiger partial charge is 0.404 e. The van der Waals surface area contributed by atoms with Crippen LogP contribution in [0.4, 0.5) is 18.9 Å². The topological polar surface area (TPSA) is 30.5 Å². The Morgan fingerprint density at radius 2 is 1.89 bits per heavy atom. The van der Waals surface area contributed by atoms with Crippen molar-refractivity contribution >= 4 is 5.69 Å². The summed E-state index contributed by atoms with van der Waals surface area (Å²) in [5.74, 6) is -0.236. The Morgan fingerprint density at radius 1 is 1.17 bits per heavy atom. The molecule has 0 aliphatic carbocycles. The molecule has 0 aliphatic rings. The number of halogens is 3. The summed E-state index contributed by atoms with van der Waals surface area (Å²) in [6, 6.07) is 5.92. The number of anilines is 1. The maximum Gasteiger partial charge on any atom is 0.573 e. The molecule has 0 saturated heterocycles. The zero-order valence-corrected chi connectivity index (χ0v) is 10.1. The van der Waals surface area contributed by atoms with Gasteiger partial charge in [-0.1, -0.05) is 19.1 Å². The first-order chi connectivity index (χ1) is 8.53. The van der Waals surface area contributed by atoms with Crippen LogP contribution in [0.5, 0.6) is 5.75 Å². The van der Waals surface area contributed by atoms with Gasteiger partial charge in [0, 0.05) is 13.2 Å². The van der Waals surface area contributed by atoms with Gasteiger partial charge in [0.05, 0.1) is 12.3 Å². The van der Waals surface area contributed by atoms with Crippen molar-refractivity contribution in [1.29, 1.82) is 0 Å². The monoisotopic (exact) mass is 263 g/mol. The molecule has 1 N–H and O–H groups in total. The fourth-order valence-electron chi connectivity index (χ4n) is 1.33. The van der Waals surface area contributed by atoms with Gasteiger partial charge in [-0.25, -0.2) is 0 Å². The van der Waals surface area contributed by atoms with E-state index in [0.29, 0.717) is 25.4 Å². The molecule has 0 aromatic heterocycles. The van der Waals surface area contributed by atoms with Crippen LogP contribution in [0.2, 0.25) is 0 Å². The summed E-state index contributed by atoms with van der Waals surface area (Å²) in [6.07, 6.45) is -3.77. The fourth-order valence-corrected chi connectivity index (χ4v) is 1.33. The molecule has 1 aromatic rings. The highest BCUT2D eigenvalue weighted by Gasteiger charge is 2.31. The number of alkyl halides is 3. The lowest BCUT2D eigenvalue weighted by atomic mass is 10.3. The zero-order chi connectivity index (χ0) is 13.4. The largest absolute Gasteiger partial charge is 0.573 e. The molecule has 0 radical (unpaired) electrons. The van der Waals surface area contributed by atoms with Crippen molar-refractivity contribution < 1.29 is 22.6 Å². The number of hydrogen-bond acceptors (Lipinski definition) is 3. The summed E-state index contributed by atoms with van der Waals surface area (Å²) < 4.78 is 45.5. The third-order valence-electron chi connectivity index (χ3n) is 2.02. The number of para-hydroxylation sites is 2. The van der Waals surface area contributed by atoms with E-state index >= 15 is 0 Å². The molecule has 0 heterocycles. The van der Waals surface area contributed by atoms with Gasteiger partial charge in [-0.2, -0.15) is 0 Å². The average Bonchev–Trinajstić information content (AvgIpc) is 2.29. The van der Waals surface area contributed by atoms with Crippen LogP contribution in [0.3, 0.4) is 0 Å². The molecule has 0 atom stereocenters. The van der Waals surface area contributed by atoms with E-state index in [-0.39, 0.29) is 5.75 Å². The molecule has 0 spiro atoms. The Kier molecular flexibility index (Phi) is 5.77. The molecule has 0 fully saturated rings. The summed E-state index contributed by atoms with van der Waals surface area (Å²) >= 11 is 0. The molecule has 18 heavy (non-hydrogen) atoms. The molecular weight excluding hydrogens is 247 g/mol. The molecule has 0 amide bonds. The molecule has 0 unspecified atom stereocenters. The quantitative estimate of drug-likeness (QED) is 0.764. The van der Waals surface area contributed by atoms with Gasteiger partial charge in [0.2, 0.25) is 0 Å². The number of hydrogen-bond donors (Lipinski definition) is 1. The predicted octanol–water partition coefficient (Wildman–Crippen LogP) is 3.42. The van der Waals surface area contributed by atoms with Crippen LogP contribution in [0.25, 0.3) is 0 Å². The van der Waals surface area contributed by atoms with Crippen molar-refractivity contribution in [3.63, 3.8) is 0 Å². The number of nitrogens with one attached hydrogen (secondary N) is 1. The van der Waals surface area contributed by atoms with E-state index in [1.165, 1.54) is 18.2 Å². The summed E-state index contributed by atoms with van der Waals surface area (Å²) in [6.45, 7) is 3.49. The van der Waals surface area contributed by atoms with Crippen molar-refractivity contribution in [3.05, 3.63) is 24.3 Å². The maximum absolute atomic E-state index is 12.1. The van der Waals surface area contributed by atoms with Crippen molar-refractivity contribution in [1.82, 2.24) is 0 Å². The number of ether oxygens (including phenoxy) is 2. The standard InChI is InChI=1S/C12H16F3NO2/c1-2-8-17-9-7-16-10-5-3-4-6-11(10)18-12(13,14)15/h3-6,16H,2,7-9H2,1H3. The second kappa shape index (κ2) is 7.10. The summed E-state index contributed by atoms with van der Waals surface area (Å²) in [7, 11) is 0. The van der Waals surface area contributed by atoms with Crippen molar-refractivity contribution in [3.8, 4) is 5.75 Å². The minimum absolute atomic E-state index is 0.236. The normalized spacial score (nSPS) is 11.3. The van der Waals surface area contributed by atoms with Gasteiger partial charge in [0.15, 0.2) is 5.75 Å². The van der Waals surface area contributed by atoms with E-state index < -0.39 is 6.36 Å². The van der Waals surface area contributed by atoms with Crippen LogP contribution in [0.1, 0.15) is 13.3 Å². The first-order valence-corrected chi connectivity index (χ1v) is 5.69. The van der Waals surface area contributed by atoms with Crippen molar-refractivity contribution in [2.75, 3.05) is 25.1 Å². The Labute approximate surface area is 104 Å². The van der Waals surface area contributed by atoms with Gasteiger partial charge < -0.3 is 14.8 Å². The molecule has 102 valence electrons. The van der Waals surface area contributed by atoms with Crippen LogP contribution in [-0.4, -0.2) is 26.1 Å². The minimum Gasteiger partial charge on any atom is -0.404 e. The van der Waals surface area contributed by atoms with Crippen LogP contribution in [0, 0.1) is 0 Å². The lowest BCUT2D eigenvalue weighted by Gasteiger charge is -2.14. The summed E-state index contributed by atoms with van der Waals surface area (Å²) in [5.41, 5.74) is 0.301. The summed E-state index contributed by atoms with van der Waals surface area (Å²) in [4.78, 5) is 0. The van der Waals surface area contributed by atoms with E-state index in [4.69, 9.17) is 4.74 Å². The van der Waals surface area contributed by atoms with Crippen molar-refractivity contribution in [2.45, 2.75) is 19.7 Å². The molecule has 3 nitrogen and oxygen atoms in total. The van der Waals surface area contributed by atoms with Crippen molar-refractivity contribution in [2.24, 2.45) is 0 Å². The SMILES string of the molecule is CCCOCCNc1ccccc1OC(F)(F)F. The molecule has 0 bridgehead atoms. The van der Waals surface area contributed by atoms with Crippen LogP contribution < -0.4 is 10.1 Å². The lowest BCUT2D eigenvalue weighted by Crippen LogP contribution is -2.19. The number of rotatable bonds is 7. The van der Waals surface area contributed by atoms with E-state index in [2.05, 4.69) is 10.1 Å². The highest BCUT2D eigenvalue weighted by atomic mass is 19.4. The van der Waals surface area contributed by atoms with Gasteiger partial charge in [0.25, 0.3) is 0 Å². The third kappa shape index (κ3) is 5.77. The third-order valence-corrected chi connectivity index (χ3v) is 2.02. The second-order valence-electron chi connectivity index (χ2n) is 3.58. The minimum atomic E-state index is -4.68.